The van der Waals surface area contributed by atoms with Gasteiger partial charge in [0.1, 0.15) is 17.7 Å². The van der Waals surface area contributed by atoms with Crippen molar-refractivity contribution in [2.75, 3.05) is 18.2 Å². The molecule has 3 aromatic rings. The summed E-state index contributed by atoms with van der Waals surface area (Å²) in [5, 5.41) is 6.76. The number of hydrogen-bond donors (Lipinski definition) is 1. The number of hydrogen-bond acceptors (Lipinski definition) is 6. The molecule has 0 aliphatic carbocycles. The summed E-state index contributed by atoms with van der Waals surface area (Å²) in [7, 11) is -3.83. The molecule has 0 radical (unpaired) electrons. The molecule has 14 heteroatoms. The van der Waals surface area contributed by atoms with Crippen molar-refractivity contribution in [1.29, 1.82) is 0 Å². The molecule has 9 nitrogen and oxygen atoms in total. The predicted octanol–water partition coefficient (Wildman–Crippen LogP) is 3.39. The van der Waals surface area contributed by atoms with E-state index in [1.807, 2.05) is 0 Å². The molecule has 184 valence electrons. The summed E-state index contributed by atoms with van der Waals surface area (Å²) in [4.78, 5) is 16.6. The molecule has 1 unspecified atom stereocenters. The normalized spacial score (nSPS) is 13.1. The Labute approximate surface area is 192 Å². The van der Waals surface area contributed by atoms with Gasteiger partial charge >= 0.3 is 6.18 Å². The minimum atomic E-state index is -4.73. The molecule has 0 aliphatic rings. The number of aromatic nitrogens is 4. The number of carbonyl (C=O) groups is 1. The highest BCUT2D eigenvalue weighted by atomic mass is 32.2. The van der Waals surface area contributed by atoms with Crippen LogP contribution in [0.25, 0.3) is 5.69 Å². The average Bonchev–Trinajstić information content (AvgIpc) is 3.28. The Bertz CT molecular complexity index is 1280. The predicted molar refractivity (Wildman–Crippen MR) is 113 cm³/mol. The van der Waals surface area contributed by atoms with Gasteiger partial charge in [-0.2, -0.15) is 26.7 Å². The Hall–Kier alpha value is -3.26. The maximum atomic E-state index is 13.2. The van der Waals surface area contributed by atoms with Crippen molar-refractivity contribution in [2.24, 2.45) is 0 Å². The fourth-order valence-corrected chi connectivity index (χ4v) is 3.64. The van der Waals surface area contributed by atoms with Crippen LogP contribution < -0.4 is 5.32 Å². The van der Waals surface area contributed by atoms with Gasteiger partial charge in [-0.05, 0) is 38.1 Å². The molecule has 0 aliphatic heterocycles. The summed E-state index contributed by atoms with van der Waals surface area (Å²) in [6, 6.07) is 4.19. The van der Waals surface area contributed by atoms with Crippen molar-refractivity contribution in [3.8, 4) is 5.69 Å². The minimum absolute atomic E-state index is 0.0921. The summed E-state index contributed by atoms with van der Waals surface area (Å²) in [5.74, 6) is -1.26. The molecule has 2 aromatic heterocycles. The standard InChI is InChI=1S/C20H21F4N5O4S/c1-12-16(10-25-29(12)15-6-4-14(21)5-7-15)27-19(30)17(8-9-33-34(3,31)32)28-11-18(20(22,23)24)26-13(28)2/h4-7,10-11,17H,8-9H2,1-3H3,(H,27,30). The zero-order chi connectivity index (χ0) is 25.3. The molecule has 0 saturated heterocycles. The topological polar surface area (TPSA) is 108 Å². The van der Waals surface area contributed by atoms with Gasteiger partial charge in [0.15, 0.2) is 5.69 Å². The highest BCUT2D eigenvalue weighted by Gasteiger charge is 2.36. The second kappa shape index (κ2) is 9.54. The Balaban J connectivity index is 1.89. The van der Waals surface area contributed by atoms with E-state index in [2.05, 4.69) is 19.6 Å². The summed E-state index contributed by atoms with van der Waals surface area (Å²) < 4.78 is 82.3. The molecule has 3 rings (SSSR count). The molecule has 1 N–H and O–H groups in total. The third-order valence-corrected chi connectivity index (χ3v) is 5.47. The Morgan fingerprint density at radius 2 is 1.85 bits per heavy atom. The number of anilines is 1. The lowest BCUT2D eigenvalue weighted by Crippen LogP contribution is -2.28. The van der Waals surface area contributed by atoms with Gasteiger partial charge in [0.2, 0.25) is 5.91 Å². The van der Waals surface area contributed by atoms with Crippen LogP contribution in [-0.2, 0) is 25.3 Å². The van der Waals surface area contributed by atoms with E-state index in [1.54, 1.807) is 6.92 Å². The van der Waals surface area contributed by atoms with E-state index in [4.69, 9.17) is 0 Å². The van der Waals surface area contributed by atoms with E-state index in [0.29, 0.717) is 17.6 Å². The van der Waals surface area contributed by atoms with Crippen molar-refractivity contribution in [3.05, 3.63) is 59.7 Å². The van der Waals surface area contributed by atoms with Crippen LogP contribution in [0.15, 0.2) is 36.7 Å². The number of nitrogens with zero attached hydrogens (tertiary/aromatic N) is 4. The summed E-state index contributed by atoms with van der Waals surface area (Å²) in [5.41, 5.74) is 0.0755. The SMILES string of the molecule is Cc1nc(C(F)(F)F)cn1C(CCOS(C)(=O)=O)C(=O)Nc1cnn(-c2ccc(F)cc2)c1C. The number of nitrogens with one attached hydrogen (secondary N) is 1. The van der Waals surface area contributed by atoms with E-state index in [-0.39, 0.29) is 17.9 Å². The zero-order valence-corrected chi connectivity index (χ0v) is 19.1. The molecule has 2 heterocycles. The van der Waals surface area contributed by atoms with Crippen molar-refractivity contribution in [2.45, 2.75) is 32.5 Å². The third kappa shape index (κ3) is 5.99. The number of rotatable bonds is 8. The molecule has 1 amide bonds. The Kier molecular flexibility index (Phi) is 7.12. The van der Waals surface area contributed by atoms with Gasteiger partial charge in [-0.25, -0.2) is 14.1 Å². The van der Waals surface area contributed by atoms with E-state index < -0.39 is 46.4 Å². The van der Waals surface area contributed by atoms with Gasteiger partial charge in [0.25, 0.3) is 10.1 Å². The number of benzene rings is 1. The number of amides is 1. The highest BCUT2D eigenvalue weighted by Crippen LogP contribution is 2.30. The third-order valence-electron chi connectivity index (χ3n) is 4.87. The van der Waals surface area contributed by atoms with Crippen LogP contribution in [-0.4, -0.2) is 46.5 Å². The van der Waals surface area contributed by atoms with E-state index >= 15 is 0 Å². The van der Waals surface area contributed by atoms with Gasteiger partial charge in [-0.3, -0.25) is 8.98 Å². The monoisotopic (exact) mass is 503 g/mol. The zero-order valence-electron chi connectivity index (χ0n) is 18.3. The largest absolute Gasteiger partial charge is 0.434 e. The Morgan fingerprint density at radius 3 is 2.41 bits per heavy atom. The lowest BCUT2D eigenvalue weighted by atomic mass is 10.2. The fraction of sp³-hybridized carbons (Fsp3) is 0.350. The first-order valence-corrected chi connectivity index (χ1v) is 11.7. The fourth-order valence-electron chi connectivity index (χ4n) is 3.24. The second-order valence-electron chi connectivity index (χ2n) is 7.43. The average molecular weight is 503 g/mol. The van der Waals surface area contributed by atoms with Crippen LogP contribution in [0.4, 0.5) is 23.2 Å². The van der Waals surface area contributed by atoms with E-state index in [1.165, 1.54) is 42.1 Å². The summed E-state index contributed by atoms with van der Waals surface area (Å²) in [6.45, 7) is 2.49. The minimum Gasteiger partial charge on any atom is -0.322 e. The van der Waals surface area contributed by atoms with Gasteiger partial charge in [0, 0.05) is 12.6 Å². The lowest BCUT2D eigenvalue weighted by Gasteiger charge is -2.19. The smallest absolute Gasteiger partial charge is 0.322 e. The quantitative estimate of drug-likeness (QED) is 0.373. The summed E-state index contributed by atoms with van der Waals surface area (Å²) >= 11 is 0. The molecule has 34 heavy (non-hydrogen) atoms. The lowest BCUT2D eigenvalue weighted by molar-refractivity contribution is -0.141. The molecule has 0 spiro atoms. The number of carbonyl (C=O) groups excluding carboxylic acids is 1. The highest BCUT2D eigenvalue weighted by molar-refractivity contribution is 7.85. The van der Waals surface area contributed by atoms with Crippen LogP contribution >= 0.6 is 0 Å². The number of aryl methyl sites for hydroxylation is 1. The maximum Gasteiger partial charge on any atom is 0.434 e. The van der Waals surface area contributed by atoms with Crippen molar-refractivity contribution in [3.63, 3.8) is 0 Å². The number of halogens is 4. The van der Waals surface area contributed by atoms with Crippen molar-refractivity contribution in [1.82, 2.24) is 19.3 Å². The molecular weight excluding hydrogens is 482 g/mol. The van der Waals surface area contributed by atoms with Crippen LogP contribution in [0.2, 0.25) is 0 Å². The van der Waals surface area contributed by atoms with Crippen molar-refractivity contribution < 1.29 is 35.0 Å². The van der Waals surface area contributed by atoms with E-state index in [9.17, 15) is 30.8 Å². The molecule has 1 aromatic carbocycles. The molecule has 0 saturated carbocycles. The Morgan fingerprint density at radius 1 is 1.21 bits per heavy atom. The first kappa shape index (κ1) is 25.4. The van der Waals surface area contributed by atoms with Crippen LogP contribution in [0.5, 0.6) is 0 Å². The molecular formula is C20H21F4N5O4S. The van der Waals surface area contributed by atoms with Crippen LogP contribution in [0, 0.1) is 19.7 Å². The first-order valence-electron chi connectivity index (χ1n) is 9.85. The second-order valence-corrected chi connectivity index (χ2v) is 9.07. The van der Waals surface area contributed by atoms with Gasteiger partial charge in [-0.1, -0.05) is 0 Å². The van der Waals surface area contributed by atoms with Crippen molar-refractivity contribution >= 4 is 21.7 Å². The first-order chi connectivity index (χ1) is 15.8. The molecule has 1 atom stereocenters. The number of alkyl halides is 3. The molecule has 0 bridgehead atoms. The van der Waals surface area contributed by atoms with Gasteiger partial charge in [0.05, 0.1) is 36.1 Å². The summed E-state index contributed by atoms with van der Waals surface area (Å²) in [6.07, 6.45) is -2.14. The molecule has 0 fully saturated rings. The van der Waals surface area contributed by atoms with Gasteiger partial charge < -0.3 is 9.88 Å². The maximum absolute atomic E-state index is 13.2. The number of imidazole rings is 1. The van der Waals surface area contributed by atoms with Gasteiger partial charge in [-0.15, -0.1) is 0 Å². The van der Waals surface area contributed by atoms with Crippen LogP contribution in [0.3, 0.4) is 0 Å². The van der Waals surface area contributed by atoms with Crippen LogP contribution in [0.1, 0.15) is 29.7 Å². The van der Waals surface area contributed by atoms with E-state index in [0.717, 1.165) is 10.8 Å².